The van der Waals surface area contributed by atoms with Crippen molar-refractivity contribution in [2.75, 3.05) is 7.11 Å². The Morgan fingerprint density at radius 3 is 2.83 bits per heavy atom. The minimum Gasteiger partial charge on any atom is -0.496 e. The Labute approximate surface area is 71.3 Å². The lowest BCUT2D eigenvalue weighted by atomic mass is 10.1. The van der Waals surface area contributed by atoms with Crippen LogP contribution in [0.15, 0.2) is 23.4 Å². The minimum absolute atomic E-state index is 0.716. The Hall–Kier alpha value is -1.51. The summed E-state index contributed by atoms with van der Waals surface area (Å²) < 4.78 is 5.08. The van der Waals surface area contributed by atoms with E-state index < -0.39 is 0 Å². The maximum Gasteiger partial charge on any atom is 0.128 e. The first-order valence-corrected chi connectivity index (χ1v) is 3.60. The van der Waals surface area contributed by atoms with Gasteiger partial charge in [-0.15, -0.1) is 0 Å². The zero-order valence-electron chi connectivity index (χ0n) is 7.11. The molecule has 1 rings (SSSR count). The largest absolute Gasteiger partial charge is 0.496 e. The molecule has 1 N–H and O–H groups in total. The van der Waals surface area contributed by atoms with Crippen molar-refractivity contribution in [1.29, 1.82) is 0 Å². The van der Waals surface area contributed by atoms with Gasteiger partial charge in [-0.2, -0.15) is 0 Å². The second kappa shape index (κ2) is 3.76. The molecule has 0 saturated heterocycles. The van der Waals surface area contributed by atoms with E-state index in [9.17, 15) is 0 Å². The molecule has 0 aliphatic rings. The third-order valence-corrected chi connectivity index (χ3v) is 1.69. The molecule has 0 aliphatic carbocycles. The van der Waals surface area contributed by atoms with E-state index in [-0.39, 0.29) is 0 Å². The van der Waals surface area contributed by atoms with E-state index in [2.05, 4.69) is 5.16 Å². The van der Waals surface area contributed by atoms with Crippen LogP contribution >= 0.6 is 0 Å². The molecule has 3 nitrogen and oxygen atoms in total. The number of ether oxygens (including phenoxy) is 1. The van der Waals surface area contributed by atoms with Gasteiger partial charge in [0.25, 0.3) is 0 Å². The molecule has 0 unspecified atom stereocenters. The van der Waals surface area contributed by atoms with Crippen LogP contribution in [0.4, 0.5) is 0 Å². The second-order valence-electron chi connectivity index (χ2n) is 2.44. The summed E-state index contributed by atoms with van der Waals surface area (Å²) in [5.74, 6) is 0.716. The number of benzene rings is 1. The van der Waals surface area contributed by atoms with Crippen LogP contribution in [0.2, 0.25) is 0 Å². The molecule has 0 atom stereocenters. The van der Waals surface area contributed by atoms with Gasteiger partial charge in [0.15, 0.2) is 0 Å². The normalized spacial score (nSPS) is 10.5. The van der Waals surface area contributed by atoms with Gasteiger partial charge in [-0.25, -0.2) is 0 Å². The Balaban J connectivity index is 3.19. The van der Waals surface area contributed by atoms with Crippen molar-refractivity contribution < 1.29 is 9.94 Å². The van der Waals surface area contributed by atoms with Crippen LogP contribution in [-0.2, 0) is 0 Å². The van der Waals surface area contributed by atoms with Crippen LogP contribution in [0, 0.1) is 6.92 Å². The molecule has 12 heavy (non-hydrogen) atoms. The van der Waals surface area contributed by atoms with Crippen molar-refractivity contribution in [2.24, 2.45) is 5.16 Å². The first kappa shape index (κ1) is 8.59. The number of nitrogens with zero attached hydrogens (tertiary/aromatic N) is 1. The lowest BCUT2D eigenvalue weighted by Gasteiger charge is -2.05. The molecule has 0 aromatic heterocycles. The van der Waals surface area contributed by atoms with Crippen LogP contribution in [-0.4, -0.2) is 18.5 Å². The highest BCUT2D eigenvalue weighted by molar-refractivity contribution is 5.85. The molecule has 3 heteroatoms. The monoisotopic (exact) mass is 165 g/mol. The highest BCUT2D eigenvalue weighted by Crippen LogP contribution is 2.19. The number of methoxy groups -OCH3 is 1. The zero-order chi connectivity index (χ0) is 8.97. The predicted molar refractivity (Wildman–Crippen MR) is 47.1 cm³/mol. The molecule has 64 valence electrons. The van der Waals surface area contributed by atoms with Crippen molar-refractivity contribution in [3.63, 3.8) is 0 Å². The summed E-state index contributed by atoms with van der Waals surface area (Å²) in [6.07, 6.45) is 1.37. The Morgan fingerprint density at radius 1 is 1.50 bits per heavy atom. The van der Waals surface area contributed by atoms with Crippen LogP contribution in [0.5, 0.6) is 5.75 Å². The molecule has 0 amide bonds. The van der Waals surface area contributed by atoms with Crippen LogP contribution in [0.1, 0.15) is 11.1 Å². The van der Waals surface area contributed by atoms with Gasteiger partial charge in [0.1, 0.15) is 5.75 Å². The molecule has 0 saturated carbocycles. The van der Waals surface area contributed by atoms with E-state index in [1.807, 2.05) is 25.1 Å². The van der Waals surface area contributed by atoms with E-state index in [0.717, 1.165) is 11.1 Å². The van der Waals surface area contributed by atoms with Crippen LogP contribution in [0.3, 0.4) is 0 Å². The van der Waals surface area contributed by atoms with Crippen molar-refractivity contribution in [3.05, 3.63) is 29.3 Å². The zero-order valence-corrected chi connectivity index (χ0v) is 7.11. The number of oxime groups is 1. The summed E-state index contributed by atoms with van der Waals surface area (Å²) in [7, 11) is 1.59. The topological polar surface area (TPSA) is 41.8 Å². The van der Waals surface area contributed by atoms with Crippen molar-refractivity contribution >= 4 is 6.21 Å². The molecule has 1 aromatic carbocycles. The van der Waals surface area contributed by atoms with Gasteiger partial charge in [0, 0.05) is 5.56 Å². The average Bonchev–Trinajstić information content (AvgIpc) is 2.09. The molecule has 0 aliphatic heterocycles. The highest BCUT2D eigenvalue weighted by atomic mass is 16.5. The Bertz CT molecular complexity index is 295. The lowest BCUT2D eigenvalue weighted by Crippen LogP contribution is -1.93. The fourth-order valence-electron chi connectivity index (χ4n) is 1.05. The minimum atomic E-state index is 0.716. The fourth-order valence-corrected chi connectivity index (χ4v) is 1.05. The smallest absolute Gasteiger partial charge is 0.128 e. The maximum atomic E-state index is 8.38. The molecule has 0 bridgehead atoms. The summed E-state index contributed by atoms with van der Waals surface area (Å²) in [5, 5.41) is 11.3. The quantitative estimate of drug-likeness (QED) is 0.412. The number of hydrogen-bond donors (Lipinski definition) is 1. The molecule has 0 radical (unpaired) electrons. The van der Waals surface area contributed by atoms with Gasteiger partial charge in [-0.1, -0.05) is 17.3 Å². The molecule has 1 aromatic rings. The van der Waals surface area contributed by atoms with Gasteiger partial charge in [-0.3, -0.25) is 0 Å². The number of hydrogen-bond acceptors (Lipinski definition) is 3. The summed E-state index contributed by atoms with van der Waals surface area (Å²) in [4.78, 5) is 0. The second-order valence-corrected chi connectivity index (χ2v) is 2.44. The first-order chi connectivity index (χ1) is 5.79. The van der Waals surface area contributed by atoms with Crippen molar-refractivity contribution in [2.45, 2.75) is 6.92 Å². The molecular weight excluding hydrogens is 154 g/mol. The summed E-state index contributed by atoms with van der Waals surface area (Å²) >= 11 is 0. The lowest BCUT2D eigenvalue weighted by molar-refractivity contribution is 0.321. The SMILES string of the molecule is COc1cccc(C)c1/C=N/O. The summed E-state index contributed by atoms with van der Waals surface area (Å²) in [6, 6.07) is 5.65. The van der Waals surface area contributed by atoms with Gasteiger partial charge in [0.05, 0.1) is 13.3 Å². The Kier molecular flexibility index (Phi) is 2.69. The van der Waals surface area contributed by atoms with Crippen LogP contribution < -0.4 is 4.74 Å². The first-order valence-electron chi connectivity index (χ1n) is 3.60. The third kappa shape index (κ3) is 1.56. The maximum absolute atomic E-state index is 8.38. The highest BCUT2D eigenvalue weighted by Gasteiger charge is 2.01. The van der Waals surface area contributed by atoms with Gasteiger partial charge in [0.2, 0.25) is 0 Å². The Morgan fingerprint density at radius 2 is 2.25 bits per heavy atom. The fraction of sp³-hybridized carbons (Fsp3) is 0.222. The van der Waals surface area contributed by atoms with Crippen molar-refractivity contribution in [1.82, 2.24) is 0 Å². The van der Waals surface area contributed by atoms with E-state index in [1.54, 1.807) is 7.11 Å². The van der Waals surface area contributed by atoms with Crippen molar-refractivity contribution in [3.8, 4) is 5.75 Å². The third-order valence-electron chi connectivity index (χ3n) is 1.69. The number of rotatable bonds is 2. The molecular formula is C9H11NO2. The summed E-state index contributed by atoms with van der Waals surface area (Å²) in [5.41, 5.74) is 1.83. The van der Waals surface area contributed by atoms with Crippen LogP contribution in [0.25, 0.3) is 0 Å². The number of aryl methyl sites for hydroxylation is 1. The van der Waals surface area contributed by atoms with Gasteiger partial charge < -0.3 is 9.94 Å². The van der Waals surface area contributed by atoms with E-state index in [0.29, 0.717) is 5.75 Å². The molecule has 0 spiro atoms. The average molecular weight is 165 g/mol. The van der Waals surface area contributed by atoms with E-state index in [4.69, 9.17) is 9.94 Å². The van der Waals surface area contributed by atoms with E-state index in [1.165, 1.54) is 6.21 Å². The molecule has 0 fully saturated rings. The molecule has 0 heterocycles. The van der Waals surface area contributed by atoms with Gasteiger partial charge in [-0.05, 0) is 18.6 Å². The van der Waals surface area contributed by atoms with Gasteiger partial charge >= 0.3 is 0 Å². The summed E-state index contributed by atoms with van der Waals surface area (Å²) in [6.45, 7) is 1.93. The standard InChI is InChI=1S/C9H11NO2/c1-7-4-3-5-9(12-2)8(7)6-10-11/h3-6,11H,1-2H3/b10-6+. The van der Waals surface area contributed by atoms with E-state index >= 15 is 0 Å². The predicted octanol–water partition coefficient (Wildman–Crippen LogP) is 1.81.